The molecule has 1 amide bonds. The number of ether oxygens (including phenoxy) is 1. The van der Waals surface area contributed by atoms with Crippen LogP contribution in [0.25, 0.3) is 22.2 Å². The number of oxazole rings is 1. The van der Waals surface area contributed by atoms with E-state index in [1.807, 2.05) is 54.7 Å². The van der Waals surface area contributed by atoms with Gasteiger partial charge in [0.2, 0.25) is 17.7 Å². The number of fused-ring (bicyclic) bond motifs is 1. The third kappa shape index (κ3) is 4.01. The van der Waals surface area contributed by atoms with Gasteiger partial charge in [0, 0.05) is 29.8 Å². The normalized spacial score (nSPS) is 10.8. The molecule has 4 aromatic rings. The summed E-state index contributed by atoms with van der Waals surface area (Å²) in [6.07, 6.45) is 6.07. The number of nitrogens with one attached hydrogen (secondary N) is 1. The van der Waals surface area contributed by atoms with Gasteiger partial charge in [-0.3, -0.25) is 15.1 Å². The summed E-state index contributed by atoms with van der Waals surface area (Å²) in [6, 6.07) is 15.5. The van der Waals surface area contributed by atoms with Crippen LogP contribution in [0.4, 0.5) is 5.88 Å². The zero-order valence-corrected chi connectivity index (χ0v) is 15.4. The molecule has 0 bridgehead atoms. The number of pyridine rings is 1. The first kappa shape index (κ1) is 17.7. The van der Waals surface area contributed by atoms with Crippen LogP contribution in [0.3, 0.4) is 0 Å². The molecule has 140 valence electrons. The Labute approximate surface area is 162 Å². The van der Waals surface area contributed by atoms with E-state index in [0.717, 1.165) is 27.6 Å². The topological polar surface area (TPSA) is 77.2 Å². The minimum absolute atomic E-state index is 0.122. The minimum Gasteiger partial charge on any atom is -0.497 e. The molecule has 6 heteroatoms. The van der Waals surface area contributed by atoms with E-state index in [-0.39, 0.29) is 5.91 Å². The molecule has 6 nitrogen and oxygen atoms in total. The van der Waals surface area contributed by atoms with Gasteiger partial charge in [0.25, 0.3) is 0 Å². The van der Waals surface area contributed by atoms with Crippen molar-refractivity contribution in [3.05, 3.63) is 72.7 Å². The van der Waals surface area contributed by atoms with Gasteiger partial charge in [0.15, 0.2) is 0 Å². The van der Waals surface area contributed by atoms with Gasteiger partial charge in [-0.15, -0.1) is 0 Å². The fourth-order valence-electron chi connectivity index (χ4n) is 2.93. The number of aryl methyl sites for hydroxylation is 1. The van der Waals surface area contributed by atoms with Gasteiger partial charge in [-0.2, -0.15) is 0 Å². The second kappa shape index (κ2) is 7.92. The Bertz CT molecular complexity index is 1100. The summed E-state index contributed by atoms with van der Waals surface area (Å²) in [4.78, 5) is 20.6. The van der Waals surface area contributed by atoms with E-state index in [2.05, 4.69) is 15.3 Å². The Hall–Kier alpha value is -3.67. The lowest BCUT2D eigenvalue weighted by Crippen LogP contribution is -2.11. The van der Waals surface area contributed by atoms with E-state index in [4.69, 9.17) is 9.15 Å². The smallest absolute Gasteiger partial charge is 0.228 e. The van der Waals surface area contributed by atoms with Crippen LogP contribution in [0.1, 0.15) is 12.0 Å². The number of nitrogens with zero attached hydrogens (tertiary/aromatic N) is 2. The van der Waals surface area contributed by atoms with Crippen LogP contribution in [-0.2, 0) is 11.2 Å². The van der Waals surface area contributed by atoms with E-state index in [1.165, 1.54) is 6.20 Å². The molecule has 0 saturated carbocycles. The number of hydrogen-bond acceptors (Lipinski definition) is 5. The van der Waals surface area contributed by atoms with Crippen molar-refractivity contribution in [3.63, 3.8) is 0 Å². The van der Waals surface area contributed by atoms with Crippen molar-refractivity contribution >= 4 is 22.6 Å². The number of hydrogen-bond donors (Lipinski definition) is 1. The van der Waals surface area contributed by atoms with Crippen molar-refractivity contribution < 1.29 is 13.9 Å². The first-order chi connectivity index (χ1) is 13.7. The molecule has 0 fully saturated rings. The largest absolute Gasteiger partial charge is 0.497 e. The zero-order chi connectivity index (χ0) is 19.3. The summed E-state index contributed by atoms with van der Waals surface area (Å²) in [6.45, 7) is 0. The van der Waals surface area contributed by atoms with Crippen LogP contribution < -0.4 is 10.1 Å². The van der Waals surface area contributed by atoms with Crippen molar-refractivity contribution in [3.8, 4) is 17.2 Å². The molecule has 0 aliphatic carbocycles. The number of rotatable bonds is 6. The highest BCUT2D eigenvalue weighted by molar-refractivity contribution is 5.90. The van der Waals surface area contributed by atoms with Crippen molar-refractivity contribution in [1.29, 1.82) is 0 Å². The van der Waals surface area contributed by atoms with Gasteiger partial charge in [-0.25, -0.2) is 4.98 Å². The SMILES string of the molecule is COc1ccc(CCC(=O)Nc2cnc(-c3ccc4cnccc4c3)o2)cc1. The Morgan fingerprint density at radius 2 is 1.93 bits per heavy atom. The van der Waals surface area contributed by atoms with E-state index in [9.17, 15) is 4.79 Å². The number of carbonyl (C=O) groups excluding carboxylic acids is 1. The van der Waals surface area contributed by atoms with E-state index in [1.54, 1.807) is 13.3 Å². The molecule has 0 aliphatic heterocycles. The van der Waals surface area contributed by atoms with Gasteiger partial charge < -0.3 is 9.15 Å². The lowest BCUT2D eigenvalue weighted by molar-refractivity contribution is -0.116. The fraction of sp³-hybridized carbons (Fsp3) is 0.136. The molecule has 2 aromatic heterocycles. The van der Waals surface area contributed by atoms with Gasteiger partial charge in [0.1, 0.15) is 5.75 Å². The molecule has 0 aliphatic rings. The predicted octanol–water partition coefficient (Wildman–Crippen LogP) is 4.47. The number of carbonyl (C=O) groups is 1. The number of amides is 1. The lowest BCUT2D eigenvalue weighted by atomic mass is 10.1. The molecular weight excluding hydrogens is 354 g/mol. The monoisotopic (exact) mass is 373 g/mol. The van der Waals surface area contributed by atoms with Crippen molar-refractivity contribution in [1.82, 2.24) is 9.97 Å². The van der Waals surface area contributed by atoms with Crippen molar-refractivity contribution in [2.24, 2.45) is 0 Å². The first-order valence-electron chi connectivity index (χ1n) is 8.94. The van der Waals surface area contributed by atoms with Crippen molar-refractivity contribution in [2.45, 2.75) is 12.8 Å². The van der Waals surface area contributed by atoms with Crippen LogP contribution in [0.15, 0.2) is 71.5 Å². The molecule has 0 saturated heterocycles. The summed E-state index contributed by atoms with van der Waals surface area (Å²) < 4.78 is 10.8. The van der Waals surface area contributed by atoms with Gasteiger partial charge in [-0.05, 0) is 47.7 Å². The Kier molecular flexibility index (Phi) is 5.01. The highest BCUT2D eigenvalue weighted by atomic mass is 16.5. The maximum absolute atomic E-state index is 12.2. The molecular formula is C22H19N3O3. The summed E-state index contributed by atoms with van der Waals surface area (Å²) in [5.74, 6) is 1.48. The van der Waals surface area contributed by atoms with E-state index in [0.29, 0.717) is 24.6 Å². The summed E-state index contributed by atoms with van der Waals surface area (Å²) in [5, 5.41) is 4.86. The average Bonchev–Trinajstić information content (AvgIpc) is 3.20. The Morgan fingerprint density at radius 1 is 1.07 bits per heavy atom. The first-order valence-corrected chi connectivity index (χ1v) is 8.94. The van der Waals surface area contributed by atoms with Gasteiger partial charge in [-0.1, -0.05) is 18.2 Å². The Balaban J connectivity index is 1.38. The van der Waals surface area contributed by atoms with E-state index >= 15 is 0 Å². The van der Waals surface area contributed by atoms with Crippen LogP contribution in [0.5, 0.6) is 5.75 Å². The molecule has 28 heavy (non-hydrogen) atoms. The standard InChI is InChI=1S/C22H19N3O3/c1-27-19-7-2-15(3-8-19)4-9-20(26)25-21-14-24-22(28-21)17-5-6-18-13-23-11-10-16(18)12-17/h2-3,5-8,10-14H,4,9H2,1H3,(H,25,26). The molecule has 0 unspecified atom stereocenters. The summed E-state index contributed by atoms with van der Waals surface area (Å²) >= 11 is 0. The van der Waals surface area contributed by atoms with Gasteiger partial charge >= 0.3 is 0 Å². The molecule has 4 rings (SSSR count). The van der Waals surface area contributed by atoms with Crippen LogP contribution in [0, 0.1) is 0 Å². The Morgan fingerprint density at radius 3 is 2.75 bits per heavy atom. The predicted molar refractivity (Wildman–Crippen MR) is 107 cm³/mol. The van der Waals surface area contributed by atoms with Gasteiger partial charge in [0.05, 0.1) is 13.3 Å². The fourth-order valence-corrected chi connectivity index (χ4v) is 2.93. The zero-order valence-electron chi connectivity index (χ0n) is 15.4. The molecule has 0 radical (unpaired) electrons. The van der Waals surface area contributed by atoms with Crippen LogP contribution >= 0.6 is 0 Å². The third-order valence-corrected chi connectivity index (χ3v) is 4.46. The minimum atomic E-state index is -0.122. The lowest BCUT2D eigenvalue weighted by Gasteiger charge is -2.04. The number of aromatic nitrogens is 2. The molecule has 2 aromatic carbocycles. The molecule has 0 spiro atoms. The molecule has 1 N–H and O–H groups in total. The number of methoxy groups -OCH3 is 1. The highest BCUT2D eigenvalue weighted by Crippen LogP contribution is 2.25. The summed E-state index contributed by atoms with van der Waals surface area (Å²) in [5.41, 5.74) is 1.91. The van der Waals surface area contributed by atoms with Crippen molar-refractivity contribution in [2.75, 3.05) is 12.4 Å². The van der Waals surface area contributed by atoms with E-state index < -0.39 is 0 Å². The van der Waals surface area contributed by atoms with Crippen LogP contribution in [-0.4, -0.2) is 23.0 Å². The second-order valence-corrected chi connectivity index (χ2v) is 6.36. The van der Waals surface area contributed by atoms with Crippen LogP contribution in [0.2, 0.25) is 0 Å². The number of anilines is 1. The highest BCUT2D eigenvalue weighted by Gasteiger charge is 2.10. The maximum atomic E-state index is 12.2. The summed E-state index contributed by atoms with van der Waals surface area (Å²) in [7, 11) is 1.63. The molecule has 0 atom stereocenters. The molecule has 2 heterocycles. The average molecular weight is 373 g/mol. The quantitative estimate of drug-likeness (QED) is 0.540. The third-order valence-electron chi connectivity index (χ3n) is 4.46. The second-order valence-electron chi connectivity index (χ2n) is 6.36. The maximum Gasteiger partial charge on any atom is 0.228 e. The number of benzene rings is 2.